The molecule has 2 N–H and O–H groups in total. The highest BCUT2D eigenvalue weighted by atomic mass is 79.9. The number of esters is 1. The fourth-order valence-corrected chi connectivity index (χ4v) is 1.56. The second-order valence-electron chi connectivity index (χ2n) is 3.26. The van der Waals surface area contributed by atoms with E-state index in [1.165, 1.54) is 7.11 Å². The molecule has 0 unspecified atom stereocenters. The molecular formula is C12H14BrNO2. The normalized spacial score (nSPS) is 10.6. The number of anilines is 1. The average molecular weight is 284 g/mol. The maximum Gasteiger partial charge on any atom is 0.337 e. The van der Waals surface area contributed by atoms with Crippen molar-refractivity contribution in [2.45, 2.75) is 6.42 Å². The van der Waals surface area contributed by atoms with Gasteiger partial charge < -0.3 is 10.5 Å². The smallest absolute Gasteiger partial charge is 0.337 e. The highest BCUT2D eigenvalue weighted by Crippen LogP contribution is 2.14. The van der Waals surface area contributed by atoms with Crippen LogP contribution in [0.4, 0.5) is 5.69 Å². The average Bonchev–Trinajstić information content (AvgIpc) is 2.27. The molecule has 16 heavy (non-hydrogen) atoms. The van der Waals surface area contributed by atoms with Crippen molar-refractivity contribution in [2.24, 2.45) is 0 Å². The van der Waals surface area contributed by atoms with E-state index in [4.69, 9.17) is 5.73 Å². The number of rotatable bonds is 4. The Hall–Kier alpha value is -1.29. The number of nitrogens with two attached hydrogens (primary N) is 1. The standard InChI is InChI=1S/C12H14BrNO2/c1-16-12(15)10-6-9(4-2-3-5-13)7-11(14)8-10/h2,4,6-8H,3,5,14H2,1H3. The summed E-state index contributed by atoms with van der Waals surface area (Å²) in [6, 6.07) is 5.18. The van der Waals surface area contributed by atoms with Gasteiger partial charge in [0.25, 0.3) is 0 Å². The van der Waals surface area contributed by atoms with E-state index in [1.54, 1.807) is 12.1 Å². The SMILES string of the molecule is COC(=O)c1cc(N)cc(C=CCCBr)c1. The van der Waals surface area contributed by atoms with Crippen molar-refractivity contribution >= 4 is 33.7 Å². The molecule has 0 spiro atoms. The summed E-state index contributed by atoms with van der Waals surface area (Å²) < 4.78 is 4.65. The number of halogens is 1. The molecule has 0 aliphatic heterocycles. The maximum atomic E-state index is 11.3. The summed E-state index contributed by atoms with van der Waals surface area (Å²) in [7, 11) is 1.35. The number of alkyl halides is 1. The van der Waals surface area contributed by atoms with Gasteiger partial charge in [0, 0.05) is 11.0 Å². The summed E-state index contributed by atoms with van der Waals surface area (Å²) in [5.74, 6) is -0.373. The molecule has 0 aliphatic rings. The van der Waals surface area contributed by atoms with E-state index in [0.717, 1.165) is 17.3 Å². The third-order valence-corrected chi connectivity index (χ3v) is 2.44. The molecule has 1 aromatic rings. The van der Waals surface area contributed by atoms with Crippen molar-refractivity contribution in [3.63, 3.8) is 0 Å². The minimum Gasteiger partial charge on any atom is -0.465 e. The first kappa shape index (κ1) is 12.8. The topological polar surface area (TPSA) is 52.3 Å². The van der Waals surface area contributed by atoms with Gasteiger partial charge in [0.15, 0.2) is 0 Å². The van der Waals surface area contributed by atoms with Gasteiger partial charge in [0.05, 0.1) is 12.7 Å². The second kappa shape index (κ2) is 6.33. The van der Waals surface area contributed by atoms with Crippen LogP contribution in [0.3, 0.4) is 0 Å². The molecule has 0 atom stereocenters. The number of methoxy groups -OCH3 is 1. The zero-order valence-electron chi connectivity index (χ0n) is 9.07. The third-order valence-electron chi connectivity index (χ3n) is 1.98. The van der Waals surface area contributed by atoms with Crippen LogP contribution in [0.25, 0.3) is 6.08 Å². The molecule has 4 heteroatoms. The van der Waals surface area contributed by atoms with E-state index in [0.29, 0.717) is 11.3 Å². The fraction of sp³-hybridized carbons (Fsp3) is 0.250. The highest BCUT2D eigenvalue weighted by molar-refractivity contribution is 9.09. The first-order valence-electron chi connectivity index (χ1n) is 4.88. The van der Waals surface area contributed by atoms with E-state index in [2.05, 4.69) is 20.7 Å². The molecule has 0 fully saturated rings. The Morgan fingerprint density at radius 2 is 2.25 bits per heavy atom. The number of carbonyl (C=O) groups is 1. The molecule has 86 valence electrons. The van der Waals surface area contributed by atoms with Crippen molar-refractivity contribution in [1.29, 1.82) is 0 Å². The minimum atomic E-state index is -0.373. The van der Waals surface area contributed by atoms with Gasteiger partial charge in [-0.05, 0) is 30.2 Å². The number of hydrogen-bond donors (Lipinski definition) is 1. The van der Waals surface area contributed by atoms with Crippen LogP contribution in [-0.4, -0.2) is 18.4 Å². The van der Waals surface area contributed by atoms with Gasteiger partial charge >= 0.3 is 5.97 Å². The summed E-state index contributed by atoms with van der Waals surface area (Å²) in [5.41, 5.74) is 7.64. The lowest BCUT2D eigenvalue weighted by molar-refractivity contribution is 0.0601. The number of nitrogen functional groups attached to an aromatic ring is 1. The van der Waals surface area contributed by atoms with Crippen LogP contribution in [0.15, 0.2) is 24.3 Å². The Bertz CT molecular complexity index is 402. The number of hydrogen-bond acceptors (Lipinski definition) is 3. The zero-order chi connectivity index (χ0) is 12.0. The quantitative estimate of drug-likeness (QED) is 0.525. The van der Waals surface area contributed by atoms with Crippen LogP contribution < -0.4 is 5.73 Å². The molecule has 0 aliphatic carbocycles. The lowest BCUT2D eigenvalue weighted by atomic mass is 10.1. The zero-order valence-corrected chi connectivity index (χ0v) is 10.7. The van der Waals surface area contributed by atoms with Gasteiger partial charge in [-0.3, -0.25) is 0 Å². The van der Waals surface area contributed by atoms with Gasteiger partial charge in [0.1, 0.15) is 0 Å². The summed E-state index contributed by atoms with van der Waals surface area (Å²) in [6.07, 6.45) is 4.89. The third kappa shape index (κ3) is 3.70. The first-order valence-corrected chi connectivity index (χ1v) is 6.01. The van der Waals surface area contributed by atoms with E-state index in [9.17, 15) is 4.79 Å². The Labute approximate surface area is 103 Å². The van der Waals surface area contributed by atoms with Crippen LogP contribution in [0.5, 0.6) is 0 Å². The number of benzene rings is 1. The van der Waals surface area contributed by atoms with E-state index in [1.807, 2.05) is 18.2 Å². The van der Waals surface area contributed by atoms with Gasteiger partial charge in [0.2, 0.25) is 0 Å². The number of carbonyl (C=O) groups excluding carboxylic acids is 1. The highest BCUT2D eigenvalue weighted by Gasteiger charge is 2.06. The molecule has 1 aromatic carbocycles. The second-order valence-corrected chi connectivity index (χ2v) is 4.05. The fourth-order valence-electron chi connectivity index (χ4n) is 1.29. The molecule has 0 bridgehead atoms. The van der Waals surface area contributed by atoms with Crippen molar-refractivity contribution < 1.29 is 9.53 Å². The predicted octanol–water partition coefficient (Wildman–Crippen LogP) is 2.85. The molecule has 0 aromatic heterocycles. The Morgan fingerprint density at radius 3 is 2.88 bits per heavy atom. The molecule has 3 nitrogen and oxygen atoms in total. The van der Waals surface area contributed by atoms with Crippen molar-refractivity contribution in [1.82, 2.24) is 0 Å². The van der Waals surface area contributed by atoms with Crippen molar-refractivity contribution in [2.75, 3.05) is 18.2 Å². The maximum absolute atomic E-state index is 11.3. The van der Waals surface area contributed by atoms with E-state index < -0.39 is 0 Å². The van der Waals surface area contributed by atoms with Crippen molar-refractivity contribution in [3.05, 3.63) is 35.4 Å². The number of allylic oxidation sites excluding steroid dienone is 1. The summed E-state index contributed by atoms with van der Waals surface area (Å²) in [5, 5.41) is 0.912. The number of ether oxygens (including phenoxy) is 1. The van der Waals surface area contributed by atoms with Crippen LogP contribution in [0, 0.1) is 0 Å². The molecule has 0 radical (unpaired) electrons. The summed E-state index contributed by atoms with van der Waals surface area (Å²) >= 11 is 3.34. The van der Waals surface area contributed by atoms with Gasteiger partial charge in [-0.2, -0.15) is 0 Å². The van der Waals surface area contributed by atoms with Gasteiger partial charge in [-0.15, -0.1) is 0 Å². The Kier molecular flexibility index (Phi) is 5.05. The van der Waals surface area contributed by atoms with Crippen LogP contribution in [0.1, 0.15) is 22.3 Å². The Morgan fingerprint density at radius 1 is 1.50 bits per heavy atom. The van der Waals surface area contributed by atoms with E-state index in [-0.39, 0.29) is 5.97 Å². The Balaban J connectivity index is 2.94. The van der Waals surface area contributed by atoms with Crippen LogP contribution in [0.2, 0.25) is 0 Å². The molecule has 1 rings (SSSR count). The largest absolute Gasteiger partial charge is 0.465 e. The lowest BCUT2D eigenvalue weighted by Crippen LogP contribution is -2.02. The molecule has 0 amide bonds. The minimum absolute atomic E-state index is 0.373. The monoisotopic (exact) mass is 283 g/mol. The van der Waals surface area contributed by atoms with E-state index >= 15 is 0 Å². The van der Waals surface area contributed by atoms with Crippen LogP contribution >= 0.6 is 15.9 Å². The molecule has 0 saturated carbocycles. The predicted molar refractivity (Wildman–Crippen MR) is 69.6 cm³/mol. The lowest BCUT2D eigenvalue weighted by Gasteiger charge is -2.03. The van der Waals surface area contributed by atoms with Gasteiger partial charge in [-0.25, -0.2) is 4.79 Å². The molecule has 0 heterocycles. The van der Waals surface area contributed by atoms with Crippen LogP contribution in [-0.2, 0) is 4.74 Å². The molecule has 0 saturated heterocycles. The van der Waals surface area contributed by atoms with Gasteiger partial charge in [-0.1, -0.05) is 28.1 Å². The summed E-state index contributed by atoms with van der Waals surface area (Å²) in [6.45, 7) is 0. The first-order chi connectivity index (χ1) is 7.67. The molecular weight excluding hydrogens is 270 g/mol. The van der Waals surface area contributed by atoms with Crippen molar-refractivity contribution in [3.8, 4) is 0 Å². The summed E-state index contributed by atoms with van der Waals surface area (Å²) in [4.78, 5) is 11.3.